The fourth-order valence-corrected chi connectivity index (χ4v) is 3.29. The van der Waals surface area contributed by atoms with E-state index in [4.69, 9.17) is 4.74 Å². The van der Waals surface area contributed by atoms with E-state index in [1.54, 1.807) is 6.92 Å². The van der Waals surface area contributed by atoms with E-state index in [9.17, 15) is 9.59 Å². The molecule has 0 heterocycles. The first-order valence-electron chi connectivity index (χ1n) is 7.43. The number of hydrogen-bond donors (Lipinski definition) is 1. The lowest BCUT2D eigenvalue weighted by Crippen LogP contribution is -2.41. The number of hydrogen-bond acceptors (Lipinski definition) is 4. The topological polar surface area (TPSA) is 55.4 Å². The minimum absolute atomic E-state index is 0.197. The molecule has 120 valence electrons. The number of nitrogens with one attached hydrogen (secondary N) is 1. The molecule has 2 rings (SSSR count). The van der Waals surface area contributed by atoms with Gasteiger partial charge in [-0.05, 0) is 44.0 Å². The third-order valence-corrected chi connectivity index (χ3v) is 5.06. The van der Waals surface area contributed by atoms with Crippen molar-refractivity contribution in [3.63, 3.8) is 0 Å². The molecule has 1 N–H and O–H groups in total. The summed E-state index contributed by atoms with van der Waals surface area (Å²) in [6.07, 6.45) is 3.61. The molecule has 0 aromatic heterocycles. The Balaban J connectivity index is 1.71. The Morgan fingerprint density at radius 2 is 1.95 bits per heavy atom. The van der Waals surface area contributed by atoms with Crippen molar-refractivity contribution in [2.24, 2.45) is 0 Å². The van der Waals surface area contributed by atoms with Gasteiger partial charge in [0.05, 0.1) is 5.75 Å². The monoisotopic (exact) mass is 385 g/mol. The number of amides is 1. The molecule has 0 aliphatic heterocycles. The molecule has 6 heteroatoms. The second kappa shape index (κ2) is 8.58. The van der Waals surface area contributed by atoms with Crippen molar-refractivity contribution >= 4 is 39.6 Å². The summed E-state index contributed by atoms with van der Waals surface area (Å²) in [7, 11) is 0. The molecule has 1 aromatic rings. The Morgan fingerprint density at radius 1 is 1.32 bits per heavy atom. The van der Waals surface area contributed by atoms with E-state index in [-0.39, 0.29) is 23.7 Å². The Labute approximate surface area is 143 Å². The van der Waals surface area contributed by atoms with Crippen LogP contribution in [0.25, 0.3) is 0 Å². The summed E-state index contributed by atoms with van der Waals surface area (Å²) in [6, 6.07) is 7.94. The minimum atomic E-state index is -0.737. The Hall–Kier alpha value is -1.01. The van der Waals surface area contributed by atoms with E-state index in [1.165, 1.54) is 11.8 Å². The van der Waals surface area contributed by atoms with E-state index in [0.717, 1.165) is 35.1 Å². The van der Waals surface area contributed by atoms with Crippen molar-refractivity contribution < 1.29 is 14.3 Å². The van der Waals surface area contributed by atoms with Crippen LogP contribution < -0.4 is 5.32 Å². The van der Waals surface area contributed by atoms with Crippen LogP contribution in [-0.4, -0.2) is 29.8 Å². The van der Waals surface area contributed by atoms with Gasteiger partial charge in [-0.15, -0.1) is 11.8 Å². The zero-order valence-electron chi connectivity index (χ0n) is 12.5. The maximum Gasteiger partial charge on any atom is 0.317 e. The lowest BCUT2D eigenvalue weighted by molar-refractivity contribution is -0.152. The molecule has 1 fully saturated rings. The molecule has 4 nitrogen and oxygen atoms in total. The van der Waals surface area contributed by atoms with E-state index in [0.29, 0.717) is 0 Å². The normalized spacial score (nSPS) is 16.3. The van der Waals surface area contributed by atoms with Gasteiger partial charge in [0.2, 0.25) is 0 Å². The maximum absolute atomic E-state index is 11.9. The number of ether oxygens (including phenoxy) is 1. The fraction of sp³-hybridized carbons (Fsp3) is 0.500. The van der Waals surface area contributed by atoms with Crippen LogP contribution in [0.15, 0.2) is 33.6 Å². The standard InChI is InChI=1S/C16H20BrNO3S/c1-11(16(20)18-13-4-2-3-5-13)21-15(19)10-22-14-8-6-12(17)7-9-14/h6-9,11,13H,2-5,10H2,1H3,(H,18,20). The summed E-state index contributed by atoms with van der Waals surface area (Å²) in [4.78, 5) is 24.7. The minimum Gasteiger partial charge on any atom is -0.452 e. The zero-order chi connectivity index (χ0) is 15.9. The molecule has 1 aliphatic rings. The third-order valence-electron chi connectivity index (χ3n) is 3.55. The van der Waals surface area contributed by atoms with Gasteiger partial charge in [-0.2, -0.15) is 0 Å². The Kier molecular flexibility index (Phi) is 6.76. The highest BCUT2D eigenvalue weighted by Crippen LogP contribution is 2.21. The van der Waals surface area contributed by atoms with E-state index in [1.807, 2.05) is 24.3 Å². The Bertz CT molecular complexity index is 515. The number of halogens is 1. The SMILES string of the molecule is CC(OC(=O)CSc1ccc(Br)cc1)C(=O)NC1CCCC1. The van der Waals surface area contributed by atoms with Crippen LogP contribution in [0.2, 0.25) is 0 Å². The summed E-state index contributed by atoms with van der Waals surface area (Å²) in [6.45, 7) is 1.62. The average molecular weight is 386 g/mol. The summed E-state index contributed by atoms with van der Waals surface area (Å²) in [5.74, 6) is -0.376. The van der Waals surface area contributed by atoms with Crippen LogP contribution >= 0.6 is 27.7 Å². The van der Waals surface area contributed by atoms with Crippen LogP contribution in [0.3, 0.4) is 0 Å². The summed E-state index contributed by atoms with van der Waals surface area (Å²) >= 11 is 4.76. The number of thioether (sulfide) groups is 1. The van der Waals surface area contributed by atoms with Crippen molar-refractivity contribution in [2.45, 2.75) is 49.6 Å². The van der Waals surface area contributed by atoms with Gasteiger partial charge >= 0.3 is 5.97 Å². The van der Waals surface area contributed by atoms with Crippen LogP contribution in [0.1, 0.15) is 32.6 Å². The molecule has 0 radical (unpaired) electrons. The Morgan fingerprint density at radius 3 is 2.59 bits per heavy atom. The quantitative estimate of drug-likeness (QED) is 0.600. The first kappa shape index (κ1) is 17.3. The predicted octanol–water partition coefficient (Wildman–Crippen LogP) is 3.53. The van der Waals surface area contributed by atoms with Gasteiger partial charge in [-0.3, -0.25) is 9.59 Å². The van der Waals surface area contributed by atoms with Crippen molar-refractivity contribution in [1.82, 2.24) is 5.32 Å². The third kappa shape index (κ3) is 5.65. The summed E-state index contributed by atoms with van der Waals surface area (Å²) < 4.78 is 6.18. The van der Waals surface area contributed by atoms with Gasteiger partial charge in [0.15, 0.2) is 6.10 Å². The number of benzene rings is 1. The molecular formula is C16H20BrNO3S. The molecule has 1 amide bonds. The molecule has 1 atom stereocenters. The number of carbonyl (C=O) groups excluding carboxylic acids is 2. The molecule has 1 aromatic carbocycles. The predicted molar refractivity (Wildman–Crippen MR) is 90.8 cm³/mol. The highest BCUT2D eigenvalue weighted by Gasteiger charge is 2.22. The molecule has 1 aliphatic carbocycles. The van der Waals surface area contributed by atoms with Gasteiger partial charge in [-0.1, -0.05) is 28.8 Å². The highest BCUT2D eigenvalue weighted by molar-refractivity contribution is 9.10. The molecule has 0 bridgehead atoms. The van der Waals surface area contributed by atoms with Gasteiger partial charge in [-0.25, -0.2) is 0 Å². The van der Waals surface area contributed by atoms with Crippen molar-refractivity contribution in [3.8, 4) is 0 Å². The van der Waals surface area contributed by atoms with E-state index < -0.39 is 6.10 Å². The van der Waals surface area contributed by atoms with Gasteiger partial charge in [0.1, 0.15) is 0 Å². The lowest BCUT2D eigenvalue weighted by atomic mass is 10.2. The molecule has 0 spiro atoms. The maximum atomic E-state index is 11.9. The van der Waals surface area contributed by atoms with Gasteiger partial charge in [0, 0.05) is 15.4 Å². The second-order valence-corrected chi connectivity index (χ2v) is 7.33. The lowest BCUT2D eigenvalue weighted by Gasteiger charge is -2.17. The van der Waals surface area contributed by atoms with Crippen LogP contribution in [0, 0.1) is 0 Å². The van der Waals surface area contributed by atoms with E-state index in [2.05, 4.69) is 21.2 Å². The zero-order valence-corrected chi connectivity index (χ0v) is 14.9. The van der Waals surface area contributed by atoms with Gasteiger partial charge in [0.25, 0.3) is 5.91 Å². The summed E-state index contributed by atoms with van der Waals surface area (Å²) in [5, 5.41) is 2.94. The molecular weight excluding hydrogens is 366 g/mol. The van der Waals surface area contributed by atoms with E-state index >= 15 is 0 Å². The van der Waals surface area contributed by atoms with Crippen molar-refractivity contribution in [3.05, 3.63) is 28.7 Å². The highest BCUT2D eigenvalue weighted by atomic mass is 79.9. The van der Waals surface area contributed by atoms with Crippen LogP contribution in [0.4, 0.5) is 0 Å². The molecule has 22 heavy (non-hydrogen) atoms. The molecule has 1 saturated carbocycles. The van der Waals surface area contributed by atoms with Crippen molar-refractivity contribution in [2.75, 3.05) is 5.75 Å². The van der Waals surface area contributed by atoms with Crippen LogP contribution in [0.5, 0.6) is 0 Å². The smallest absolute Gasteiger partial charge is 0.317 e. The van der Waals surface area contributed by atoms with Gasteiger partial charge < -0.3 is 10.1 Å². The first-order chi connectivity index (χ1) is 10.5. The second-order valence-electron chi connectivity index (χ2n) is 5.36. The fourth-order valence-electron chi connectivity index (χ4n) is 2.35. The average Bonchev–Trinajstić information content (AvgIpc) is 2.99. The summed E-state index contributed by atoms with van der Waals surface area (Å²) in [5.41, 5.74) is 0. The number of rotatable bonds is 6. The number of carbonyl (C=O) groups is 2. The first-order valence-corrected chi connectivity index (χ1v) is 9.20. The van der Waals surface area contributed by atoms with Crippen LogP contribution in [-0.2, 0) is 14.3 Å². The largest absolute Gasteiger partial charge is 0.452 e. The van der Waals surface area contributed by atoms with Crippen molar-refractivity contribution in [1.29, 1.82) is 0 Å². The molecule has 1 unspecified atom stereocenters. The number of esters is 1. The molecule has 0 saturated heterocycles.